The minimum absolute atomic E-state index is 0.519. The average molecular weight is 325 g/mol. The Balaban J connectivity index is 1.49. The lowest BCUT2D eigenvalue weighted by atomic mass is 9.98. The fraction of sp³-hybridized carbons (Fsp3) is 0.944. The van der Waals surface area contributed by atoms with E-state index >= 15 is 0 Å². The largest absolute Gasteiger partial charge is 0.378 e. The van der Waals surface area contributed by atoms with E-state index in [0.29, 0.717) is 6.10 Å². The van der Waals surface area contributed by atoms with Crippen molar-refractivity contribution in [3.05, 3.63) is 0 Å². The van der Waals surface area contributed by atoms with E-state index in [-0.39, 0.29) is 0 Å². The molecule has 5 nitrogen and oxygen atoms in total. The number of nitrogens with one attached hydrogen (secondary N) is 2. The number of aliphatic imine (C=N–C) groups is 1. The van der Waals surface area contributed by atoms with Gasteiger partial charge in [-0.1, -0.05) is 26.2 Å². The molecule has 0 aromatic rings. The fourth-order valence-electron chi connectivity index (χ4n) is 3.59. The number of ether oxygens (including phenoxy) is 1. The van der Waals surface area contributed by atoms with Gasteiger partial charge in [0.1, 0.15) is 0 Å². The quantitative estimate of drug-likeness (QED) is 0.408. The fourth-order valence-corrected chi connectivity index (χ4v) is 3.59. The van der Waals surface area contributed by atoms with Crippen LogP contribution in [0.2, 0.25) is 0 Å². The molecule has 2 aliphatic rings. The monoisotopic (exact) mass is 324 g/mol. The van der Waals surface area contributed by atoms with Crippen LogP contribution in [0.15, 0.2) is 4.99 Å². The van der Waals surface area contributed by atoms with Crippen LogP contribution in [0.3, 0.4) is 0 Å². The standard InChI is InChI=1S/C18H36N4O/c1-3-22-12-10-16(15-22)14-21-18(19-2)20-11-7-13-23-17-8-5-4-6-9-17/h16-17H,3-15H2,1-2H3,(H2,19,20,21). The van der Waals surface area contributed by atoms with Crippen molar-refractivity contribution in [3.63, 3.8) is 0 Å². The van der Waals surface area contributed by atoms with E-state index in [2.05, 4.69) is 27.4 Å². The summed E-state index contributed by atoms with van der Waals surface area (Å²) in [5, 5.41) is 6.87. The average Bonchev–Trinajstić information content (AvgIpc) is 3.06. The van der Waals surface area contributed by atoms with Gasteiger partial charge in [-0.05, 0) is 44.7 Å². The normalized spacial score (nSPS) is 24.1. The Morgan fingerprint density at radius 2 is 2.00 bits per heavy atom. The number of guanidine groups is 1. The first-order valence-electron chi connectivity index (χ1n) is 9.60. The van der Waals surface area contributed by atoms with E-state index in [1.54, 1.807) is 0 Å². The summed E-state index contributed by atoms with van der Waals surface area (Å²) in [5.41, 5.74) is 0. The highest BCUT2D eigenvalue weighted by Crippen LogP contribution is 2.20. The summed E-state index contributed by atoms with van der Waals surface area (Å²) in [6, 6.07) is 0. The molecule has 2 N–H and O–H groups in total. The van der Waals surface area contributed by atoms with Crippen molar-refractivity contribution in [3.8, 4) is 0 Å². The molecule has 1 atom stereocenters. The molecule has 23 heavy (non-hydrogen) atoms. The molecule has 1 unspecified atom stereocenters. The molecule has 1 saturated carbocycles. The summed E-state index contributed by atoms with van der Waals surface area (Å²) in [6.07, 6.45) is 9.45. The molecule has 1 saturated heterocycles. The summed E-state index contributed by atoms with van der Waals surface area (Å²) in [4.78, 5) is 6.83. The Morgan fingerprint density at radius 3 is 2.70 bits per heavy atom. The van der Waals surface area contributed by atoms with Crippen LogP contribution >= 0.6 is 0 Å². The second-order valence-electron chi connectivity index (χ2n) is 6.91. The first-order chi connectivity index (χ1) is 11.3. The molecule has 2 fully saturated rings. The van der Waals surface area contributed by atoms with Crippen LogP contribution < -0.4 is 10.6 Å². The van der Waals surface area contributed by atoms with E-state index < -0.39 is 0 Å². The van der Waals surface area contributed by atoms with Crippen molar-refractivity contribution in [2.24, 2.45) is 10.9 Å². The summed E-state index contributed by atoms with van der Waals surface area (Å²) < 4.78 is 5.96. The van der Waals surface area contributed by atoms with Gasteiger partial charge < -0.3 is 20.3 Å². The van der Waals surface area contributed by atoms with E-state index in [0.717, 1.165) is 38.0 Å². The summed E-state index contributed by atoms with van der Waals surface area (Å²) in [6.45, 7) is 8.69. The van der Waals surface area contributed by atoms with Gasteiger partial charge in [0, 0.05) is 33.3 Å². The minimum atomic E-state index is 0.519. The highest BCUT2D eigenvalue weighted by Gasteiger charge is 2.20. The molecule has 2 rings (SSSR count). The molecule has 134 valence electrons. The van der Waals surface area contributed by atoms with Gasteiger partial charge in [0.05, 0.1) is 6.10 Å². The SMILES string of the molecule is CCN1CCC(CNC(=NC)NCCCOC2CCCCC2)C1. The highest BCUT2D eigenvalue weighted by molar-refractivity contribution is 5.79. The Hall–Kier alpha value is -0.810. The maximum Gasteiger partial charge on any atom is 0.190 e. The lowest BCUT2D eigenvalue weighted by molar-refractivity contribution is 0.0277. The van der Waals surface area contributed by atoms with Crippen LogP contribution in [0, 0.1) is 5.92 Å². The molecule has 0 spiro atoms. The van der Waals surface area contributed by atoms with E-state index in [1.165, 1.54) is 58.2 Å². The molecule has 0 amide bonds. The van der Waals surface area contributed by atoms with Crippen LogP contribution in [0.5, 0.6) is 0 Å². The van der Waals surface area contributed by atoms with Crippen molar-refractivity contribution in [2.75, 3.05) is 46.4 Å². The zero-order chi connectivity index (χ0) is 16.3. The summed E-state index contributed by atoms with van der Waals surface area (Å²) >= 11 is 0. The molecule has 1 aliphatic heterocycles. The van der Waals surface area contributed by atoms with Crippen molar-refractivity contribution in [1.82, 2.24) is 15.5 Å². The van der Waals surface area contributed by atoms with Gasteiger partial charge in [0.15, 0.2) is 5.96 Å². The van der Waals surface area contributed by atoms with Gasteiger partial charge in [-0.15, -0.1) is 0 Å². The van der Waals surface area contributed by atoms with E-state index in [9.17, 15) is 0 Å². The van der Waals surface area contributed by atoms with E-state index in [4.69, 9.17) is 4.74 Å². The third-order valence-electron chi connectivity index (χ3n) is 5.12. The van der Waals surface area contributed by atoms with Crippen molar-refractivity contribution < 1.29 is 4.74 Å². The lowest BCUT2D eigenvalue weighted by Crippen LogP contribution is -2.40. The molecule has 0 aromatic carbocycles. The second-order valence-corrected chi connectivity index (χ2v) is 6.91. The number of hydrogen-bond donors (Lipinski definition) is 2. The highest BCUT2D eigenvalue weighted by atomic mass is 16.5. The first-order valence-corrected chi connectivity index (χ1v) is 9.60. The molecular weight excluding hydrogens is 288 g/mol. The Labute approximate surface area is 142 Å². The van der Waals surface area contributed by atoms with Gasteiger partial charge in [0.2, 0.25) is 0 Å². The lowest BCUT2D eigenvalue weighted by Gasteiger charge is -2.22. The van der Waals surface area contributed by atoms with Gasteiger partial charge in [-0.2, -0.15) is 0 Å². The summed E-state index contributed by atoms with van der Waals surface area (Å²) in [5.74, 6) is 1.68. The third kappa shape index (κ3) is 7.08. The maximum absolute atomic E-state index is 5.96. The molecule has 1 heterocycles. The molecule has 0 bridgehead atoms. The van der Waals surface area contributed by atoms with Gasteiger partial charge in [-0.25, -0.2) is 0 Å². The Morgan fingerprint density at radius 1 is 1.17 bits per heavy atom. The zero-order valence-corrected chi connectivity index (χ0v) is 15.1. The predicted octanol–water partition coefficient (Wildman–Crippen LogP) is 2.23. The smallest absolute Gasteiger partial charge is 0.190 e. The topological polar surface area (TPSA) is 48.9 Å². The van der Waals surface area contributed by atoms with Crippen LogP contribution in [0.4, 0.5) is 0 Å². The van der Waals surface area contributed by atoms with E-state index in [1.807, 2.05) is 7.05 Å². The predicted molar refractivity (Wildman–Crippen MR) is 97.0 cm³/mol. The molecule has 0 radical (unpaired) electrons. The number of hydrogen-bond acceptors (Lipinski definition) is 3. The van der Waals surface area contributed by atoms with Gasteiger partial charge in [-0.3, -0.25) is 4.99 Å². The summed E-state index contributed by atoms with van der Waals surface area (Å²) in [7, 11) is 1.85. The minimum Gasteiger partial charge on any atom is -0.378 e. The Kier molecular flexibility index (Phi) is 8.76. The van der Waals surface area contributed by atoms with Crippen molar-refractivity contribution >= 4 is 5.96 Å². The molecule has 5 heteroatoms. The van der Waals surface area contributed by atoms with Crippen LogP contribution in [-0.4, -0.2) is 63.3 Å². The van der Waals surface area contributed by atoms with Crippen molar-refractivity contribution in [1.29, 1.82) is 0 Å². The maximum atomic E-state index is 5.96. The number of nitrogens with zero attached hydrogens (tertiary/aromatic N) is 2. The molecule has 0 aromatic heterocycles. The van der Waals surface area contributed by atoms with Crippen molar-refractivity contribution in [2.45, 2.75) is 58.0 Å². The van der Waals surface area contributed by atoms with Gasteiger partial charge in [0.25, 0.3) is 0 Å². The van der Waals surface area contributed by atoms with Crippen LogP contribution in [0.1, 0.15) is 51.9 Å². The zero-order valence-electron chi connectivity index (χ0n) is 15.1. The first kappa shape index (κ1) is 18.5. The van der Waals surface area contributed by atoms with Crippen LogP contribution in [-0.2, 0) is 4.74 Å². The molecular formula is C18H36N4O. The number of rotatable bonds is 8. The third-order valence-corrected chi connectivity index (χ3v) is 5.12. The van der Waals surface area contributed by atoms with Crippen LogP contribution in [0.25, 0.3) is 0 Å². The Bertz CT molecular complexity index is 342. The van der Waals surface area contributed by atoms with Gasteiger partial charge >= 0.3 is 0 Å². The second kappa shape index (κ2) is 10.9. The number of likely N-dealkylation sites (tertiary alicyclic amines) is 1. The molecule has 1 aliphatic carbocycles.